The molecule has 0 atom stereocenters. The van der Waals surface area contributed by atoms with Crippen molar-refractivity contribution in [2.24, 2.45) is 0 Å². The number of rotatable bonds is 3. The summed E-state index contributed by atoms with van der Waals surface area (Å²) in [5, 5.41) is 0. The van der Waals surface area contributed by atoms with Gasteiger partial charge in [-0.2, -0.15) is 0 Å². The third kappa shape index (κ3) is 2.50. The minimum atomic E-state index is 0.866. The molecule has 0 saturated heterocycles. The highest BCUT2D eigenvalue weighted by Crippen LogP contribution is 2.23. The van der Waals surface area contributed by atoms with Gasteiger partial charge in [0.15, 0.2) is 0 Å². The Hall–Kier alpha value is -1.60. The molecular weight excluding hydrogens is 194 g/mol. The molecule has 0 bridgehead atoms. The van der Waals surface area contributed by atoms with Gasteiger partial charge < -0.3 is 4.90 Å². The lowest BCUT2D eigenvalue weighted by atomic mass is 9.99. The minimum absolute atomic E-state index is 0.866. The molecule has 0 fully saturated rings. The summed E-state index contributed by atoms with van der Waals surface area (Å²) in [4.78, 5) is 1.95. The lowest BCUT2D eigenvalue weighted by Crippen LogP contribution is -2.08. The molecule has 0 spiro atoms. The van der Waals surface area contributed by atoms with Crippen LogP contribution < -0.4 is 0 Å². The average molecular weight is 210 g/mol. The van der Waals surface area contributed by atoms with Gasteiger partial charge in [0.1, 0.15) is 0 Å². The Balaban J connectivity index is 2.41. The summed E-state index contributed by atoms with van der Waals surface area (Å²) in [6.07, 6.45) is 0. The standard InChI is InChI=1S/C15H16N/c1-16(2)12-14-10-6-7-11-15(14)13-8-4-3-5-9-13/h3-11H,1,12H2,2H3. The highest BCUT2D eigenvalue weighted by Gasteiger charge is 2.04. The number of hydrogen-bond acceptors (Lipinski definition) is 1. The second kappa shape index (κ2) is 4.95. The van der Waals surface area contributed by atoms with Crippen molar-refractivity contribution >= 4 is 0 Å². The summed E-state index contributed by atoms with van der Waals surface area (Å²) >= 11 is 0. The van der Waals surface area contributed by atoms with Crippen LogP contribution in [0.4, 0.5) is 0 Å². The predicted octanol–water partition coefficient (Wildman–Crippen LogP) is 3.58. The van der Waals surface area contributed by atoms with Gasteiger partial charge >= 0.3 is 0 Å². The van der Waals surface area contributed by atoms with Gasteiger partial charge in [-0.25, -0.2) is 0 Å². The van der Waals surface area contributed by atoms with E-state index in [1.807, 2.05) is 18.0 Å². The van der Waals surface area contributed by atoms with Gasteiger partial charge in [0.25, 0.3) is 0 Å². The normalized spacial score (nSPS) is 10.7. The van der Waals surface area contributed by atoms with Crippen LogP contribution in [0.25, 0.3) is 11.1 Å². The van der Waals surface area contributed by atoms with Crippen molar-refractivity contribution in [3.8, 4) is 11.1 Å². The van der Waals surface area contributed by atoms with Gasteiger partial charge in [0, 0.05) is 13.6 Å². The fraction of sp³-hybridized carbons (Fsp3) is 0.133. The van der Waals surface area contributed by atoms with Crippen LogP contribution in [0.15, 0.2) is 54.6 Å². The van der Waals surface area contributed by atoms with Gasteiger partial charge in [-0.15, -0.1) is 0 Å². The van der Waals surface area contributed by atoms with E-state index in [0.717, 1.165) is 6.54 Å². The van der Waals surface area contributed by atoms with Crippen molar-refractivity contribution in [3.05, 3.63) is 67.2 Å². The molecule has 2 aromatic rings. The van der Waals surface area contributed by atoms with Gasteiger partial charge in [-0.05, 0) is 23.7 Å². The first-order valence-corrected chi connectivity index (χ1v) is 5.42. The van der Waals surface area contributed by atoms with Crippen LogP contribution in [0.1, 0.15) is 5.56 Å². The molecule has 81 valence electrons. The summed E-state index contributed by atoms with van der Waals surface area (Å²) < 4.78 is 0. The van der Waals surface area contributed by atoms with Crippen LogP contribution in [0.2, 0.25) is 0 Å². The van der Waals surface area contributed by atoms with Crippen LogP contribution in [0, 0.1) is 7.05 Å². The third-order valence-electron chi connectivity index (χ3n) is 2.54. The Bertz CT molecular complexity index is 446. The van der Waals surface area contributed by atoms with Crippen LogP contribution in [0.3, 0.4) is 0 Å². The Kier molecular flexibility index (Phi) is 3.37. The first kappa shape index (κ1) is 10.9. The van der Waals surface area contributed by atoms with E-state index >= 15 is 0 Å². The Morgan fingerprint density at radius 3 is 2.25 bits per heavy atom. The zero-order valence-corrected chi connectivity index (χ0v) is 9.56. The van der Waals surface area contributed by atoms with Gasteiger partial charge in [0.2, 0.25) is 0 Å². The van der Waals surface area contributed by atoms with E-state index in [9.17, 15) is 0 Å². The molecule has 0 heterocycles. The molecule has 1 nitrogen and oxygen atoms in total. The average Bonchev–Trinajstić information content (AvgIpc) is 2.30. The van der Waals surface area contributed by atoms with E-state index in [1.165, 1.54) is 16.7 Å². The molecule has 2 rings (SSSR count). The Morgan fingerprint density at radius 1 is 0.938 bits per heavy atom. The van der Waals surface area contributed by atoms with Crippen molar-refractivity contribution in [2.75, 3.05) is 7.05 Å². The van der Waals surface area contributed by atoms with Gasteiger partial charge in [-0.1, -0.05) is 54.6 Å². The van der Waals surface area contributed by atoms with Crippen molar-refractivity contribution < 1.29 is 0 Å². The van der Waals surface area contributed by atoms with Crippen LogP contribution >= 0.6 is 0 Å². The maximum Gasteiger partial charge on any atom is 0.0237 e. The fourth-order valence-electron chi connectivity index (χ4n) is 1.85. The molecular formula is C15H16N. The molecule has 0 aliphatic carbocycles. The molecule has 0 N–H and O–H groups in total. The van der Waals surface area contributed by atoms with Crippen molar-refractivity contribution in [1.29, 1.82) is 0 Å². The summed E-state index contributed by atoms with van der Waals surface area (Å²) in [7, 11) is 5.89. The monoisotopic (exact) mass is 210 g/mol. The molecule has 0 aliphatic heterocycles. The summed E-state index contributed by atoms with van der Waals surface area (Å²) in [5.41, 5.74) is 3.87. The second-order valence-electron chi connectivity index (χ2n) is 4.04. The largest absolute Gasteiger partial charge is 0.301 e. The summed E-state index contributed by atoms with van der Waals surface area (Å²) in [6.45, 7) is 0.866. The predicted molar refractivity (Wildman–Crippen MR) is 68.7 cm³/mol. The lowest BCUT2D eigenvalue weighted by molar-refractivity contribution is 0.445. The molecule has 1 radical (unpaired) electrons. The van der Waals surface area contributed by atoms with Crippen molar-refractivity contribution in [2.45, 2.75) is 6.54 Å². The zero-order valence-electron chi connectivity index (χ0n) is 9.56. The van der Waals surface area contributed by atoms with Crippen LogP contribution in [0.5, 0.6) is 0 Å². The summed E-state index contributed by atoms with van der Waals surface area (Å²) in [6, 6.07) is 18.9. The fourth-order valence-corrected chi connectivity index (χ4v) is 1.85. The van der Waals surface area contributed by atoms with E-state index < -0.39 is 0 Å². The second-order valence-corrected chi connectivity index (χ2v) is 4.04. The van der Waals surface area contributed by atoms with Crippen LogP contribution in [-0.4, -0.2) is 11.9 Å². The molecule has 1 heteroatoms. The first-order valence-electron chi connectivity index (χ1n) is 5.42. The highest BCUT2D eigenvalue weighted by molar-refractivity contribution is 5.67. The number of hydrogen-bond donors (Lipinski definition) is 0. The maximum absolute atomic E-state index is 3.90. The topological polar surface area (TPSA) is 3.24 Å². The number of nitrogens with zero attached hydrogens (tertiary/aromatic N) is 1. The van der Waals surface area contributed by atoms with E-state index in [2.05, 4.69) is 55.6 Å². The zero-order chi connectivity index (χ0) is 11.4. The molecule has 0 amide bonds. The maximum atomic E-state index is 3.90. The third-order valence-corrected chi connectivity index (χ3v) is 2.54. The number of benzene rings is 2. The first-order chi connectivity index (χ1) is 7.77. The Morgan fingerprint density at radius 2 is 1.56 bits per heavy atom. The quantitative estimate of drug-likeness (QED) is 0.748. The summed E-state index contributed by atoms with van der Waals surface area (Å²) in [5.74, 6) is 0. The van der Waals surface area contributed by atoms with E-state index in [0.29, 0.717) is 0 Å². The van der Waals surface area contributed by atoms with Gasteiger partial charge in [0.05, 0.1) is 0 Å². The molecule has 0 aromatic heterocycles. The lowest BCUT2D eigenvalue weighted by Gasteiger charge is -2.13. The highest BCUT2D eigenvalue weighted by atomic mass is 15.0. The molecule has 2 aromatic carbocycles. The van der Waals surface area contributed by atoms with E-state index in [4.69, 9.17) is 0 Å². The minimum Gasteiger partial charge on any atom is -0.301 e. The van der Waals surface area contributed by atoms with Gasteiger partial charge in [-0.3, -0.25) is 0 Å². The van der Waals surface area contributed by atoms with Crippen LogP contribution in [-0.2, 0) is 6.54 Å². The smallest absolute Gasteiger partial charge is 0.0237 e. The molecule has 0 aliphatic rings. The SMILES string of the molecule is [CH2]N(C)Cc1ccccc1-c1ccccc1. The molecule has 16 heavy (non-hydrogen) atoms. The van der Waals surface area contributed by atoms with E-state index in [-0.39, 0.29) is 0 Å². The molecule has 0 saturated carbocycles. The van der Waals surface area contributed by atoms with Crippen molar-refractivity contribution in [3.63, 3.8) is 0 Å². The molecule has 0 unspecified atom stereocenters. The van der Waals surface area contributed by atoms with Crippen molar-refractivity contribution in [1.82, 2.24) is 4.90 Å². The van der Waals surface area contributed by atoms with E-state index in [1.54, 1.807) is 0 Å². The Labute approximate surface area is 97.3 Å².